The van der Waals surface area contributed by atoms with Crippen molar-refractivity contribution in [3.8, 4) is 11.4 Å². The zero-order valence-electron chi connectivity index (χ0n) is 12.3. The highest BCUT2D eigenvalue weighted by Gasteiger charge is 2.11. The van der Waals surface area contributed by atoms with Gasteiger partial charge in [0, 0.05) is 11.6 Å². The highest BCUT2D eigenvalue weighted by atomic mass is 14.9. The Hall–Kier alpha value is -3.20. The van der Waals surface area contributed by atoms with Crippen molar-refractivity contribution >= 4 is 27.5 Å². The molecule has 23 heavy (non-hydrogen) atoms. The third-order valence-electron chi connectivity index (χ3n) is 4.21. The zero-order valence-corrected chi connectivity index (χ0v) is 12.3. The van der Waals surface area contributed by atoms with Crippen LogP contribution >= 0.6 is 0 Å². The van der Waals surface area contributed by atoms with Gasteiger partial charge in [-0.2, -0.15) is 0 Å². The lowest BCUT2D eigenvalue weighted by Gasteiger charge is -2.08. The topological polar surface area (TPSA) is 30.2 Å². The molecule has 5 rings (SSSR count). The monoisotopic (exact) mass is 295 g/mol. The molecule has 0 spiro atoms. The summed E-state index contributed by atoms with van der Waals surface area (Å²) in [6.45, 7) is 0. The molecule has 0 unspecified atom stereocenters. The molecule has 3 nitrogen and oxygen atoms in total. The van der Waals surface area contributed by atoms with Crippen LogP contribution in [0.5, 0.6) is 0 Å². The Morgan fingerprint density at radius 1 is 0.609 bits per heavy atom. The molecule has 0 radical (unpaired) electrons. The van der Waals surface area contributed by atoms with Gasteiger partial charge in [-0.1, -0.05) is 36.4 Å². The van der Waals surface area contributed by atoms with Crippen LogP contribution in [0.4, 0.5) is 0 Å². The van der Waals surface area contributed by atoms with Gasteiger partial charge in [0.15, 0.2) is 0 Å². The molecule has 0 aliphatic carbocycles. The van der Waals surface area contributed by atoms with Gasteiger partial charge in [0.25, 0.3) is 0 Å². The molecule has 0 aliphatic rings. The van der Waals surface area contributed by atoms with E-state index in [0.717, 1.165) is 38.8 Å². The maximum atomic E-state index is 4.87. The van der Waals surface area contributed by atoms with Gasteiger partial charge in [0.2, 0.25) is 0 Å². The van der Waals surface area contributed by atoms with E-state index in [4.69, 9.17) is 9.97 Å². The van der Waals surface area contributed by atoms with Crippen LogP contribution in [0.25, 0.3) is 38.8 Å². The molecule has 0 saturated carbocycles. The Bertz CT molecular complexity index is 1170. The Labute approximate surface area is 132 Å². The second-order valence-electron chi connectivity index (χ2n) is 5.60. The highest BCUT2D eigenvalue weighted by molar-refractivity contribution is 5.89. The average molecular weight is 295 g/mol. The summed E-state index contributed by atoms with van der Waals surface area (Å²) in [6.07, 6.45) is 2.07. The van der Waals surface area contributed by atoms with E-state index in [1.54, 1.807) is 0 Å². The Morgan fingerprint density at radius 2 is 1.39 bits per heavy atom. The number of nitrogens with zero attached hydrogens (tertiary/aromatic N) is 3. The summed E-state index contributed by atoms with van der Waals surface area (Å²) in [6, 6.07) is 24.6. The van der Waals surface area contributed by atoms with Crippen LogP contribution in [0, 0.1) is 0 Å². The standard InChI is InChI=1S/C20H13N3/c1-2-7-15-14(6-1)11-12-17(21-15)20-19-10-5-13-23(19)18-9-4-3-8-16(18)22-20/h1-13H. The third-order valence-corrected chi connectivity index (χ3v) is 4.21. The number of aromatic nitrogens is 3. The van der Waals surface area contributed by atoms with E-state index in [-0.39, 0.29) is 0 Å². The molecule has 0 fully saturated rings. The van der Waals surface area contributed by atoms with Gasteiger partial charge in [-0.05, 0) is 36.4 Å². The number of fused-ring (bicyclic) bond motifs is 4. The maximum absolute atomic E-state index is 4.87. The van der Waals surface area contributed by atoms with Crippen LogP contribution in [-0.4, -0.2) is 14.4 Å². The van der Waals surface area contributed by atoms with Crippen molar-refractivity contribution < 1.29 is 0 Å². The van der Waals surface area contributed by atoms with E-state index in [2.05, 4.69) is 34.9 Å². The van der Waals surface area contributed by atoms with Gasteiger partial charge in [-0.25, -0.2) is 9.97 Å². The van der Waals surface area contributed by atoms with Gasteiger partial charge in [-0.15, -0.1) is 0 Å². The fraction of sp³-hybridized carbons (Fsp3) is 0. The summed E-state index contributed by atoms with van der Waals surface area (Å²) in [5.74, 6) is 0. The number of pyridine rings is 1. The van der Waals surface area contributed by atoms with E-state index in [1.807, 2.05) is 48.5 Å². The smallest absolute Gasteiger partial charge is 0.113 e. The minimum Gasteiger partial charge on any atom is -0.313 e. The van der Waals surface area contributed by atoms with Crippen LogP contribution in [0.15, 0.2) is 79.0 Å². The van der Waals surface area contributed by atoms with Gasteiger partial charge >= 0.3 is 0 Å². The van der Waals surface area contributed by atoms with Crippen molar-refractivity contribution in [2.45, 2.75) is 0 Å². The number of para-hydroxylation sites is 3. The van der Waals surface area contributed by atoms with Crippen LogP contribution in [0.3, 0.4) is 0 Å². The van der Waals surface area contributed by atoms with Crippen LogP contribution in [-0.2, 0) is 0 Å². The molecule has 2 aromatic carbocycles. The summed E-state index contributed by atoms with van der Waals surface area (Å²) in [7, 11) is 0. The van der Waals surface area contributed by atoms with Crippen LogP contribution in [0.1, 0.15) is 0 Å². The summed E-state index contributed by atoms with van der Waals surface area (Å²) in [4.78, 5) is 9.68. The first kappa shape index (κ1) is 12.4. The summed E-state index contributed by atoms with van der Waals surface area (Å²) in [5, 5.41) is 1.14. The Morgan fingerprint density at radius 3 is 2.35 bits per heavy atom. The first-order chi connectivity index (χ1) is 11.4. The quantitative estimate of drug-likeness (QED) is 0.448. The number of rotatable bonds is 1. The van der Waals surface area contributed by atoms with Crippen molar-refractivity contribution in [1.29, 1.82) is 0 Å². The molecule has 5 aromatic rings. The first-order valence-electron chi connectivity index (χ1n) is 7.62. The predicted octanol–water partition coefficient (Wildman–Crippen LogP) is 4.70. The molecule has 3 aromatic heterocycles. The van der Waals surface area contributed by atoms with Crippen molar-refractivity contribution in [2.75, 3.05) is 0 Å². The van der Waals surface area contributed by atoms with Gasteiger partial charge in [-0.3, -0.25) is 0 Å². The fourth-order valence-corrected chi connectivity index (χ4v) is 3.11. The van der Waals surface area contributed by atoms with Gasteiger partial charge in [0.1, 0.15) is 5.69 Å². The lowest BCUT2D eigenvalue weighted by atomic mass is 10.1. The molecule has 3 heteroatoms. The molecule has 0 atom stereocenters. The average Bonchev–Trinajstić information content (AvgIpc) is 3.11. The van der Waals surface area contributed by atoms with Crippen LogP contribution in [0.2, 0.25) is 0 Å². The molecule has 0 aliphatic heterocycles. The summed E-state index contributed by atoms with van der Waals surface area (Å²) >= 11 is 0. The molecular weight excluding hydrogens is 282 g/mol. The second-order valence-corrected chi connectivity index (χ2v) is 5.60. The molecule has 0 amide bonds. The van der Waals surface area contributed by atoms with E-state index in [1.165, 1.54) is 0 Å². The van der Waals surface area contributed by atoms with Crippen molar-refractivity contribution in [3.63, 3.8) is 0 Å². The van der Waals surface area contributed by atoms with Gasteiger partial charge in [0.05, 0.1) is 27.8 Å². The lowest BCUT2D eigenvalue weighted by Crippen LogP contribution is -1.96. The first-order valence-corrected chi connectivity index (χ1v) is 7.62. The zero-order chi connectivity index (χ0) is 15.2. The van der Waals surface area contributed by atoms with E-state index in [9.17, 15) is 0 Å². The fourth-order valence-electron chi connectivity index (χ4n) is 3.11. The summed E-state index contributed by atoms with van der Waals surface area (Å²) in [5.41, 5.74) is 5.96. The molecular formula is C20H13N3. The van der Waals surface area contributed by atoms with Gasteiger partial charge < -0.3 is 4.40 Å². The molecule has 0 bridgehead atoms. The van der Waals surface area contributed by atoms with E-state index < -0.39 is 0 Å². The molecule has 0 N–H and O–H groups in total. The summed E-state index contributed by atoms with van der Waals surface area (Å²) < 4.78 is 2.18. The van der Waals surface area contributed by atoms with E-state index >= 15 is 0 Å². The predicted molar refractivity (Wildman–Crippen MR) is 93.4 cm³/mol. The highest BCUT2D eigenvalue weighted by Crippen LogP contribution is 2.27. The normalized spacial score (nSPS) is 11.5. The third kappa shape index (κ3) is 1.83. The van der Waals surface area contributed by atoms with Crippen molar-refractivity contribution in [2.24, 2.45) is 0 Å². The molecule has 3 heterocycles. The minimum absolute atomic E-state index is 0.901. The number of hydrogen-bond donors (Lipinski definition) is 0. The molecule has 108 valence electrons. The largest absolute Gasteiger partial charge is 0.313 e. The lowest BCUT2D eigenvalue weighted by molar-refractivity contribution is 1.22. The van der Waals surface area contributed by atoms with Crippen molar-refractivity contribution in [1.82, 2.24) is 14.4 Å². The number of benzene rings is 2. The van der Waals surface area contributed by atoms with Crippen molar-refractivity contribution in [3.05, 3.63) is 79.0 Å². The maximum Gasteiger partial charge on any atom is 0.113 e. The number of hydrogen-bond acceptors (Lipinski definition) is 2. The molecule has 0 saturated heterocycles. The Kier molecular flexibility index (Phi) is 2.50. The van der Waals surface area contributed by atoms with Crippen LogP contribution < -0.4 is 0 Å². The SMILES string of the molecule is c1ccc2nc(-c3nc4ccccc4n4cccc34)ccc2c1. The minimum atomic E-state index is 0.901. The Balaban J connectivity index is 1.87. The van der Waals surface area contributed by atoms with E-state index in [0.29, 0.717) is 0 Å². The second kappa shape index (κ2) is 4.65.